The van der Waals surface area contributed by atoms with Gasteiger partial charge in [0, 0.05) is 42.3 Å². The SMILES string of the molecule is C=CC[C@@H](c1cc(Br)ccc1F)N1CCNCC1. The van der Waals surface area contributed by atoms with Crippen LogP contribution in [0.2, 0.25) is 0 Å². The monoisotopic (exact) mass is 312 g/mol. The third-order valence-electron chi connectivity index (χ3n) is 3.30. The molecule has 0 aliphatic carbocycles. The van der Waals surface area contributed by atoms with Crippen molar-refractivity contribution in [2.75, 3.05) is 26.2 Å². The first-order valence-corrected chi connectivity index (χ1v) is 7.02. The van der Waals surface area contributed by atoms with Gasteiger partial charge in [0.1, 0.15) is 5.82 Å². The predicted octanol–water partition coefficient (Wildman–Crippen LogP) is 3.11. The van der Waals surface area contributed by atoms with Crippen LogP contribution in [0.4, 0.5) is 4.39 Å². The molecule has 1 aromatic carbocycles. The molecule has 1 aliphatic heterocycles. The van der Waals surface area contributed by atoms with Crippen molar-refractivity contribution in [1.29, 1.82) is 0 Å². The summed E-state index contributed by atoms with van der Waals surface area (Å²) >= 11 is 3.42. The second-order valence-electron chi connectivity index (χ2n) is 4.49. The van der Waals surface area contributed by atoms with Crippen molar-refractivity contribution in [3.8, 4) is 0 Å². The Morgan fingerprint density at radius 1 is 1.44 bits per heavy atom. The van der Waals surface area contributed by atoms with Crippen LogP contribution in [-0.2, 0) is 0 Å². The van der Waals surface area contributed by atoms with Crippen molar-refractivity contribution in [1.82, 2.24) is 10.2 Å². The van der Waals surface area contributed by atoms with Crippen LogP contribution in [0.5, 0.6) is 0 Å². The number of rotatable bonds is 4. The van der Waals surface area contributed by atoms with Crippen LogP contribution in [0.3, 0.4) is 0 Å². The molecular weight excluding hydrogens is 295 g/mol. The van der Waals surface area contributed by atoms with Gasteiger partial charge in [-0.05, 0) is 24.6 Å². The van der Waals surface area contributed by atoms with Crippen molar-refractivity contribution in [2.24, 2.45) is 0 Å². The van der Waals surface area contributed by atoms with E-state index < -0.39 is 0 Å². The van der Waals surface area contributed by atoms with Crippen molar-refractivity contribution in [3.63, 3.8) is 0 Å². The zero-order valence-corrected chi connectivity index (χ0v) is 11.9. The molecule has 2 rings (SSSR count). The molecule has 0 saturated carbocycles. The van der Waals surface area contributed by atoms with E-state index in [0.29, 0.717) is 0 Å². The van der Waals surface area contributed by atoms with E-state index in [9.17, 15) is 4.39 Å². The topological polar surface area (TPSA) is 15.3 Å². The average Bonchev–Trinajstić information content (AvgIpc) is 2.40. The van der Waals surface area contributed by atoms with Gasteiger partial charge in [-0.3, -0.25) is 4.90 Å². The molecule has 98 valence electrons. The zero-order valence-electron chi connectivity index (χ0n) is 10.3. The highest BCUT2D eigenvalue weighted by atomic mass is 79.9. The average molecular weight is 313 g/mol. The number of halogens is 2. The molecule has 1 aliphatic rings. The maximum Gasteiger partial charge on any atom is 0.128 e. The van der Waals surface area contributed by atoms with E-state index in [4.69, 9.17) is 0 Å². The minimum atomic E-state index is -0.136. The largest absolute Gasteiger partial charge is 0.314 e. The molecule has 0 aromatic heterocycles. The lowest BCUT2D eigenvalue weighted by molar-refractivity contribution is 0.171. The summed E-state index contributed by atoms with van der Waals surface area (Å²) in [6.07, 6.45) is 2.64. The molecular formula is C14H18BrFN2. The van der Waals surface area contributed by atoms with Crippen LogP contribution in [-0.4, -0.2) is 31.1 Å². The Bertz CT molecular complexity index is 416. The summed E-state index contributed by atoms with van der Waals surface area (Å²) in [6, 6.07) is 5.23. The van der Waals surface area contributed by atoms with Gasteiger partial charge in [0.2, 0.25) is 0 Å². The van der Waals surface area contributed by atoms with Gasteiger partial charge in [0.25, 0.3) is 0 Å². The van der Waals surface area contributed by atoms with Crippen LogP contribution in [0, 0.1) is 5.82 Å². The number of piperazine rings is 1. The van der Waals surface area contributed by atoms with Crippen molar-refractivity contribution < 1.29 is 4.39 Å². The molecule has 0 spiro atoms. The lowest BCUT2D eigenvalue weighted by atomic mass is 10.0. The summed E-state index contributed by atoms with van der Waals surface area (Å²) in [7, 11) is 0. The highest BCUT2D eigenvalue weighted by Gasteiger charge is 2.23. The maximum absolute atomic E-state index is 14.0. The van der Waals surface area contributed by atoms with E-state index in [1.54, 1.807) is 6.07 Å². The van der Waals surface area contributed by atoms with Gasteiger partial charge < -0.3 is 5.32 Å². The first-order chi connectivity index (χ1) is 8.72. The Kier molecular flexibility index (Phi) is 4.92. The molecule has 0 bridgehead atoms. The molecule has 0 amide bonds. The Balaban J connectivity index is 2.27. The van der Waals surface area contributed by atoms with E-state index in [0.717, 1.165) is 42.6 Å². The van der Waals surface area contributed by atoms with E-state index in [1.165, 1.54) is 6.07 Å². The molecule has 4 heteroatoms. The molecule has 1 saturated heterocycles. The number of hydrogen-bond acceptors (Lipinski definition) is 2. The fourth-order valence-corrected chi connectivity index (χ4v) is 2.77. The number of nitrogens with one attached hydrogen (secondary N) is 1. The van der Waals surface area contributed by atoms with Crippen LogP contribution in [0.25, 0.3) is 0 Å². The third kappa shape index (κ3) is 3.19. The Hall–Kier alpha value is -0.710. The minimum Gasteiger partial charge on any atom is -0.314 e. The molecule has 1 heterocycles. The lowest BCUT2D eigenvalue weighted by Crippen LogP contribution is -2.45. The van der Waals surface area contributed by atoms with Gasteiger partial charge in [0.15, 0.2) is 0 Å². The molecule has 18 heavy (non-hydrogen) atoms. The Labute approximate surface area is 116 Å². The van der Waals surface area contributed by atoms with E-state index in [1.807, 2.05) is 12.1 Å². The minimum absolute atomic E-state index is 0.0853. The van der Waals surface area contributed by atoms with Crippen LogP contribution in [0.15, 0.2) is 35.3 Å². The second-order valence-corrected chi connectivity index (χ2v) is 5.41. The highest BCUT2D eigenvalue weighted by Crippen LogP contribution is 2.29. The standard InChI is InChI=1S/C14H18BrFN2/c1-2-3-14(18-8-6-17-7-9-18)12-10-11(15)4-5-13(12)16/h2,4-5,10,14,17H,1,3,6-9H2/t14-/m0/s1. The number of nitrogens with zero attached hydrogens (tertiary/aromatic N) is 1. The lowest BCUT2D eigenvalue weighted by Gasteiger charge is -2.35. The molecule has 1 aromatic rings. The number of hydrogen-bond donors (Lipinski definition) is 1. The van der Waals surface area contributed by atoms with Gasteiger partial charge in [-0.1, -0.05) is 22.0 Å². The van der Waals surface area contributed by atoms with Crippen molar-refractivity contribution >= 4 is 15.9 Å². The van der Waals surface area contributed by atoms with E-state index in [-0.39, 0.29) is 11.9 Å². The molecule has 1 fully saturated rings. The van der Waals surface area contributed by atoms with Gasteiger partial charge in [-0.25, -0.2) is 4.39 Å². The van der Waals surface area contributed by atoms with Crippen LogP contribution in [0.1, 0.15) is 18.0 Å². The summed E-state index contributed by atoms with van der Waals surface area (Å²) in [6.45, 7) is 7.62. The van der Waals surface area contributed by atoms with Crippen molar-refractivity contribution in [3.05, 3.63) is 46.7 Å². The number of benzene rings is 1. The van der Waals surface area contributed by atoms with Crippen LogP contribution >= 0.6 is 15.9 Å². The summed E-state index contributed by atoms with van der Waals surface area (Å²) < 4.78 is 14.9. The molecule has 2 nitrogen and oxygen atoms in total. The normalized spacial score (nSPS) is 18.6. The zero-order chi connectivity index (χ0) is 13.0. The van der Waals surface area contributed by atoms with Crippen LogP contribution < -0.4 is 5.32 Å². The van der Waals surface area contributed by atoms with Gasteiger partial charge in [-0.15, -0.1) is 6.58 Å². The Morgan fingerprint density at radius 2 is 2.17 bits per heavy atom. The Morgan fingerprint density at radius 3 is 2.83 bits per heavy atom. The maximum atomic E-state index is 14.0. The summed E-state index contributed by atoms with van der Waals surface area (Å²) in [5, 5.41) is 3.32. The first-order valence-electron chi connectivity index (χ1n) is 6.23. The molecule has 1 N–H and O–H groups in total. The summed E-state index contributed by atoms with van der Waals surface area (Å²) in [5.74, 6) is -0.136. The summed E-state index contributed by atoms with van der Waals surface area (Å²) in [5.41, 5.74) is 0.756. The fourth-order valence-electron chi connectivity index (χ4n) is 2.39. The van der Waals surface area contributed by atoms with Gasteiger partial charge in [-0.2, -0.15) is 0 Å². The van der Waals surface area contributed by atoms with Gasteiger partial charge in [0.05, 0.1) is 0 Å². The van der Waals surface area contributed by atoms with E-state index >= 15 is 0 Å². The summed E-state index contributed by atoms with van der Waals surface area (Å²) in [4.78, 5) is 2.32. The highest BCUT2D eigenvalue weighted by molar-refractivity contribution is 9.10. The predicted molar refractivity (Wildman–Crippen MR) is 76.1 cm³/mol. The fraction of sp³-hybridized carbons (Fsp3) is 0.429. The van der Waals surface area contributed by atoms with E-state index in [2.05, 4.69) is 32.7 Å². The molecule has 0 unspecified atom stereocenters. The molecule has 0 radical (unpaired) electrons. The van der Waals surface area contributed by atoms with Crippen molar-refractivity contribution in [2.45, 2.75) is 12.5 Å². The quantitative estimate of drug-likeness (QED) is 0.859. The smallest absolute Gasteiger partial charge is 0.128 e. The first kappa shape index (κ1) is 13.7. The van der Waals surface area contributed by atoms with Gasteiger partial charge >= 0.3 is 0 Å². The molecule has 1 atom stereocenters. The third-order valence-corrected chi connectivity index (χ3v) is 3.79. The second kappa shape index (κ2) is 6.45.